The van der Waals surface area contributed by atoms with Crippen LogP contribution in [0.25, 0.3) is 0 Å². The number of rotatable bonds is 5. The first-order valence-corrected chi connectivity index (χ1v) is 7.66. The van der Waals surface area contributed by atoms with Gasteiger partial charge in [-0.25, -0.2) is 0 Å². The number of likely N-dealkylation sites (tertiary alicyclic amines) is 2. The molecule has 0 aromatic rings. The van der Waals surface area contributed by atoms with Crippen LogP contribution in [0.1, 0.15) is 32.1 Å². The molecule has 0 atom stereocenters. The van der Waals surface area contributed by atoms with Crippen molar-refractivity contribution in [3.63, 3.8) is 0 Å². The second-order valence-corrected chi connectivity index (χ2v) is 5.34. The highest BCUT2D eigenvalue weighted by molar-refractivity contribution is 4.66. The minimum Gasteiger partial charge on any atom is -0.329 e. The largest absolute Gasteiger partial charge is 0.329 e. The summed E-state index contributed by atoms with van der Waals surface area (Å²) in [5.74, 6) is 0. The third kappa shape index (κ3) is 7.31. The Hall–Kier alpha value is -0.160. The van der Waals surface area contributed by atoms with Gasteiger partial charge in [-0.05, 0) is 58.9 Å². The molecule has 3 N–H and O–H groups in total. The van der Waals surface area contributed by atoms with Crippen molar-refractivity contribution in [3.8, 4) is 0 Å². The Kier molecular flexibility index (Phi) is 9.48. The molecule has 4 heteroatoms. The molecule has 18 heavy (non-hydrogen) atoms. The van der Waals surface area contributed by atoms with E-state index in [1.807, 2.05) is 7.05 Å². The van der Waals surface area contributed by atoms with Gasteiger partial charge in [0.1, 0.15) is 0 Å². The Balaban J connectivity index is 0.000000180. The third-order valence-corrected chi connectivity index (χ3v) is 3.77. The van der Waals surface area contributed by atoms with Gasteiger partial charge in [-0.1, -0.05) is 6.42 Å². The summed E-state index contributed by atoms with van der Waals surface area (Å²) in [7, 11) is 2.01. The Labute approximate surface area is 113 Å². The summed E-state index contributed by atoms with van der Waals surface area (Å²) in [6.45, 7) is 9.48. The zero-order valence-corrected chi connectivity index (χ0v) is 12.2. The van der Waals surface area contributed by atoms with E-state index in [1.165, 1.54) is 64.8 Å². The highest BCUT2D eigenvalue weighted by Gasteiger charge is 2.09. The van der Waals surface area contributed by atoms with Crippen LogP contribution in [-0.4, -0.2) is 69.2 Å². The third-order valence-electron chi connectivity index (χ3n) is 3.77. The molecule has 0 aromatic carbocycles. The highest BCUT2D eigenvalue weighted by atomic mass is 15.1. The van der Waals surface area contributed by atoms with Gasteiger partial charge in [-0.3, -0.25) is 0 Å². The van der Waals surface area contributed by atoms with Crippen molar-refractivity contribution in [2.24, 2.45) is 5.73 Å². The maximum absolute atomic E-state index is 5.42. The molecule has 0 aliphatic carbocycles. The lowest BCUT2D eigenvalue weighted by Gasteiger charge is -2.25. The molecule has 4 nitrogen and oxygen atoms in total. The van der Waals surface area contributed by atoms with Crippen LogP contribution in [-0.2, 0) is 0 Å². The average Bonchev–Trinajstić information content (AvgIpc) is 2.92. The monoisotopic (exact) mass is 256 g/mol. The average molecular weight is 256 g/mol. The molecule has 108 valence electrons. The maximum Gasteiger partial charge on any atom is 0.0107 e. The predicted octanol–water partition coefficient (Wildman–Crippen LogP) is 0.733. The second-order valence-electron chi connectivity index (χ2n) is 5.34. The Morgan fingerprint density at radius 2 is 1.33 bits per heavy atom. The Bertz CT molecular complexity index is 172. The van der Waals surface area contributed by atoms with E-state index in [1.54, 1.807) is 0 Å². The van der Waals surface area contributed by atoms with Gasteiger partial charge >= 0.3 is 0 Å². The van der Waals surface area contributed by atoms with Crippen LogP contribution in [0, 0.1) is 0 Å². The molecule has 2 heterocycles. The van der Waals surface area contributed by atoms with E-state index in [2.05, 4.69) is 15.1 Å². The van der Waals surface area contributed by atoms with E-state index < -0.39 is 0 Å². The van der Waals surface area contributed by atoms with Gasteiger partial charge < -0.3 is 20.9 Å². The van der Waals surface area contributed by atoms with Gasteiger partial charge in [0.15, 0.2) is 0 Å². The van der Waals surface area contributed by atoms with E-state index in [0.717, 1.165) is 19.6 Å². The second kappa shape index (κ2) is 10.7. The van der Waals surface area contributed by atoms with Crippen molar-refractivity contribution in [2.45, 2.75) is 32.1 Å². The van der Waals surface area contributed by atoms with Gasteiger partial charge in [0.05, 0.1) is 0 Å². The molecule has 2 saturated heterocycles. The molecule has 0 aromatic heterocycles. The Morgan fingerprint density at radius 3 is 1.83 bits per heavy atom. The van der Waals surface area contributed by atoms with Crippen LogP contribution < -0.4 is 11.1 Å². The van der Waals surface area contributed by atoms with Crippen molar-refractivity contribution >= 4 is 0 Å². The van der Waals surface area contributed by atoms with Gasteiger partial charge in [-0.15, -0.1) is 0 Å². The molecule has 0 bridgehead atoms. The Morgan fingerprint density at radius 1 is 0.833 bits per heavy atom. The number of nitrogens with zero attached hydrogens (tertiary/aromatic N) is 2. The van der Waals surface area contributed by atoms with Crippen LogP contribution in [0.15, 0.2) is 0 Å². The number of nitrogens with one attached hydrogen (secondary N) is 1. The molecule has 0 unspecified atom stereocenters. The molecule has 2 aliphatic heterocycles. The maximum atomic E-state index is 5.42. The van der Waals surface area contributed by atoms with Crippen molar-refractivity contribution in [2.75, 3.05) is 59.4 Å². The predicted molar refractivity (Wildman–Crippen MR) is 78.9 cm³/mol. The molecule has 2 aliphatic rings. The first kappa shape index (κ1) is 15.9. The number of piperidine rings is 1. The van der Waals surface area contributed by atoms with Crippen LogP contribution in [0.3, 0.4) is 0 Å². The smallest absolute Gasteiger partial charge is 0.0107 e. The van der Waals surface area contributed by atoms with Crippen molar-refractivity contribution in [1.82, 2.24) is 15.1 Å². The molecule has 0 amide bonds. The van der Waals surface area contributed by atoms with Crippen molar-refractivity contribution in [3.05, 3.63) is 0 Å². The zero-order valence-electron chi connectivity index (χ0n) is 12.2. The standard InChI is InChI=1S/2C7H16N2/c1-8-4-7-9-5-2-3-6-9;8-4-7-9-5-2-1-3-6-9/h8H,2-7H2,1H3;1-8H2. The van der Waals surface area contributed by atoms with Crippen molar-refractivity contribution < 1.29 is 0 Å². The van der Waals surface area contributed by atoms with Crippen molar-refractivity contribution in [1.29, 1.82) is 0 Å². The van der Waals surface area contributed by atoms with E-state index in [0.29, 0.717) is 0 Å². The molecule has 0 saturated carbocycles. The zero-order chi connectivity index (χ0) is 13.1. The SMILES string of the molecule is CNCCN1CCCC1.NCCN1CCCCC1. The number of likely N-dealkylation sites (N-methyl/N-ethyl adjacent to an activating group) is 1. The van der Waals surface area contributed by atoms with Crippen LogP contribution in [0.5, 0.6) is 0 Å². The first-order valence-electron chi connectivity index (χ1n) is 7.66. The molecule has 0 radical (unpaired) electrons. The lowest BCUT2D eigenvalue weighted by atomic mass is 10.1. The summed E-state index contributed by atoms with van der Waals surface area (Å²) >= 11 is 0. The number of hydrogen-bond acceptors (Lipinski definition) is 4. The van der Waals surface area contributed by atoms with Crippen LogP contribution in [0.4, 0.5) is 0 Å². The first-order chi connectivity index (χ1) is 8.86. The minimum atomic E-state index is 0.819. The van der Waals surface area contributed by atoms with Crippen LogP contribution in [0.2, 0.25) is 0 Å². The molecule has 2 rings (SSSR count). The van der Waals surface area contributed by atoms with Gasteiger partial charge in [0.2, 0.25) is 0 Å². The molecule has 0 spiro atoms. The summed E-state index contributed by atoms with van der Waals surface area (Å²) in [6.07, 6.45) is 6.98. The van der Waals surface area contributed by atoms with E-state index in [-0.39, 0.29) is 0 Å². The fourth-order valence-corrected chi connectivity index (χ4v) is 2.64. The highest BCUT2D eigenvalue weighted by Crippen LogP contribution is 2.06. The molecule has 2 fully saturated rings. The van der Waals surface area contributed by atoms with Gasteiger partial charge in [0.25, 0.3) is 0 Å². The summed E-state index contributed by atoms with van der Waals surface area (Å²) in [4.78, 5) is 4.96. The van der Waals surface area contributed by atoms with Gasteiger partial charge in [0, 0.05) is 26.2 Å². The lowest BCUT2D eigenvalue weighted by molar-refractivity contribution is 0.235. The lowest BCUT2D eigenvalue weighted by Crippen LogP contribution is -2.33. The number of hydrogen-bond donors (Lipinski definition) is 2. The topological polar surface area (TPSA) is 44.5 Å². The summed E-state index contributed by atoms with van der Waals surface area (Å²) in [5.41, 5.74) is 5.42. The summed E-state index contributed by atoms with van der Waals surface area (Å²) in [6, 6.07) is 0. The normalized spacial score (nSPS) is 21.7. The van der Waals surface area contributed by atoms with Crippen LogP contribution >= 0.6 is 0 Å². The minimum absolute atomic E-state index is 0.819. The number of nitrogens with two attached hydrogens (primary N) is 1. The van der Waals surface area contributed by atoms with Gasteiger partial charge in [-0.2, -0.15) is 0 Å². The van der Waals surface area contributed by atoms with E-state index in [9.17, 15) is 0 Å². The van der Waals surface area contributed by atoms with E-state index in [4.69, 9.17) is 5.73 Å². The summed E-state index contributed by atoms with van der Waals surface area (Å²) in [5, 5.41) is 3.15. The quantitative estimate of drug-likeness (QED) is 0.761. The fraction of sp³-hybridized carbons (Fsp3) is 1.00. The fourth-order valence-electron chi connectivity index (χ4n) is 2.64. The molecular formula is C14H32N4. The summed E-state index contributed by atoms with van der Waals surface area (Å²) < 4.78 is 0. The van der Waals surface area contributed by atoms with E-state index >= 15 is 0 Å². The molecular weight excluding hydrogens is 224 g/mol.